The minimum absolute atomic E-state index is 0.0284. The highest BCUT2D eigenvalue weighted by molar-refractivity contribution is 6.30. The summed E-state index contributed by atoms with van der Waals surface area (Å²) in [5, 5.41) is 0.909. The monoisotopic (exact) mass is 387 g/mol. The highest BCUT2D eigenvalue weighted by Crippen LogP contribution is 2.25. The molecule has 0 radical (unpaired) electrons. The number of ketones is 1. The number of alkyl halides is 1. The van der Waals surface area contributed by atoms with Crippen molar-refractivity contribution in [1.29, 1.82) is 0 Å². The number of hydrogen-bond donors (Lipinski definition) is 0. The van der Waals surface area contributed by atoms with Crippen molar-refractivity contribution in [3.05, 3.63) is 57.4 Å². The minimum atomic E-state index is -0.680. The van der Waals surface area contributed by atoms with Gasteiger partial charge in [0, 0.05) is 35.3 Å². The normalized spacial score (nSPS) is 11.1. The summed E-state index contributed by atoms with van der Waals surface area (Å²) in [6.45, 7) is 2.99. The molecule has 0 atom stereocenters. The van der Waals surface area contributed by atoms with E-state index in [2.05, 4.69) is 9.97 Å². The smallest absolute Gasteiger partial charge is 0.259 e. The molecular formula is C20H19ClFN3O2. The van der Waals surface area contributed by atoms with Crippen LogP contribution < -0.4 is 5.56 Å². The van der Waals surface area contributed by atoms with E-state index in [-0.39, 0.29) is 23.0 Å². The lowest BCUT2D eigenvalue weighted by molar-refractivity contribution is 0.0977. The second-order valence-electron chi connectivity index (χ2n) is 6.33. The highest BCUT2D eigenvalue weighted by Gasteiger charge is 2.16. The summed E-state index contributed by atoms with van der Waals surface area (Å²) in [5.74, 6) is -0.0284. The van der Waals surface area contributed by atoms with E-state index < -0.39 is 6.67 Å². The summed E-state index contributed by atoms with van der Waals surface area (Å²) in [6.07, 6.45) is 4.26. The average molecular weight is 388 g/mol. The topological polar surface area (TPSA) is 64.8 Å². The summed E-state index contributed by atoms with van der Waals surface area (Å²) < 4.78 is 14.4. The molecule has 27 heavy (non-hydrogen) atoms. The first-order chi connectivity index (χ1) is 13.0. The maximum absolute atomic E-state index is 13.1. The van der Waals surface area contributed by atoms with Gasteiger partial charge >= 0.3 is 0 Å². The molecule has 0 aliphatic rings. The van der Waals surface area contributed by atoms with Gasteiger partial charge in [0.05, 0.1) is 12.1 Å². The van der Waals surface area contributed by atoms with Crippen LogP contribution in [0.4, 0.5) is 4.39 Å². The third-order valence-corrected chi connectivity index (χ3v) is 4.62. The molecule has 0 aliphatic carbocycles. The molecule has 0 saturated carbocycles. The fourth-order valence-corrected chi connectivity index (χ4v) is 3.24. The lowest BCUT2D eigenvalue weighted by Crippen LogP contribution is -2.23. The van der Waals surface area contributed by atoms with E-state index in [0.29, 0.717) is 34.1 Å². The summed E-state index contributed by atoms with van der Waals surface area (Å²) >= 11 is 5.94. The van der Waals surface area contributed by atoms with E-state index in [0.717, 1.165) is 12.0 Å². The number of fused-ring (bicyclic) bond motifs is 1. The van der Waals surface area contributed by atoms with Gasteiger partial charge in [0.2, 0.25) is 0 Å². The van der Waals surface area contributed by atoms with Crippen molar-refractivity contribution >= 4 is 28.3 Å². The van der Waals surface area contributed by atoms with Crippen LogP contribution in [-0.4, -0.2) is 27.0 Å². The Hall–Kier alpha value is -2.60. The van der Waals surface area contributed by atoms with Gasteiger partial charge in [-0.05, 0) is 37.1 Å². The molecule has 0 amide bonds. The van der Waals surface area contributed by atoms with E-state index in [1.54, 1.807) is 24.4 Å². The first-order valence-electron chi connectivity index (χ1n) is 8.71. The molecule has 0 N–H and O–H groups in total. The number of aromatic nitrogens is 3. The number of Topliss-reactive ketones (excluding diaryl/α,β-unsaturated/α-hetero) is 1. The van der Waals surface area contributed by atoms with Crippen LogP contribution in [0.2, 0.25) is 5.15 Å². The summed E-state index contributed by atoms with van der Waals surface area (Å²) in [6, 6.07) is 4.94. The van der Waals surface area contributed by atoms with E-state index >= 15 is 0 Å². The SMILES string of the molecule is CCCC(=O)c1cc(C)c(-c2cc3cnc(Cl)cc3n(CCF)c2=O)cn1. The highest BCUT2D eigenvalue weighted by atomic mass is 35.5. The molecule has 0 aromatic carbocycles. The molecule has 140 valence electrons. The quantitative estimate of drug-likeness (QED) is 0.465. The zero-order chi connectivity index (χ0) is 19.6. The molecule has 0 bridgehead atoms. The molecule has 0 unspecified atom stereocenters. The van der Waals surface area contributed by atoms with Gasteiger partial charge in [-0.15, -0.1) is 0 Å². The molecule has 3 rings (SSSR count). The number of halogens is 2. The lowest BCUT2D eigenvalue weighted by atomic mass is 10.0. The van der Waals surface area contributed by atoms with Crippen LogP contribution in [0.5, 0.6) is 0 Å². The molecule has 0 spiro atoms. The minimum Gasteiger partial charge on any atom is -0.305 e. The largest absolute Gasteiger partial charge is 0.305 e. The van der Waals surface area contributed by atoms with Crippen LogP contribution in [0.15, 0.2) is 35.4 Å². The number of carbonyl (C=O) groups excluding carboxylic acids is 1. The fourth-order valence-electron chi connectivity index (χ4n) is 3.09. The first kappa shape index (κ1) is 19.2. The Bertz CT molecular complexity index is 1080. The molecular weight excluding hydrogens is 369 g/mol. The van der Waals surface area contributed by atoms with Gasteiger partial charge < -0.3 is 4.57 Å². The molecule has 0 fully saturated rings. The van der Waals surface area contributed by atoms with Crippen molar-refractivity contribution in [2.24, 2.45) is 0 Å². The number of aryl methyl sites for hydroxylation is 2. The van der Waals surface area contributed by atoms with E-state index in [1.165, 1.54) is 10.8 Å². The van der Waals surface area contributed by atoms with Crippen molar-refractivity contribution in [3.8, 4) is 11.1 Å². The van der Waals surface area contributed by atoms with Gasteiger partial charge in [-0.1, -0.05) is 18.5 Å². The molecule has 5 nitrogen and oxygen atoms in total. The standard InChI is InChI=1S/C20H19ClFN3O2/c1-3-4-18(26)16-7-12(2)15(11-23-16)14-8-13-10-24-19(21)9-17(13)25(6-5-22)20(14)27/h7-11H,3-6H2,1-2H3. The number of pyridine rings is 3. The second-order valence-corrected chi connectivity index (χ2v) is 6.71. The molecule has 7 heteroatoms. The Balaban J connectivity index is 2.20. The van der Waals surface area contributed by atoms with Crippen LogP contribution in [0, 0.1) is 6.92 Å². The van der Waals surface area contributed by atoms with E-state index in [1.807, 2.05) is 13.8 Å². The lowest BCUT2D eigenvalue weighted by Gasteiger charge is -2.13. The van der Waals surface area contributed by atoms with Crippen LogP contribution in [0.25, 0.3) is 22.0 Å². The van der Waals surface area contributed by atoms with Gasteiger partial charge in [-0.3, -0.25) is 14.6 Å². The molecule has 0 saturated heterocycles. The molecule has 3 heterocycles. The van der Waals surface area contributed by atoms with Gasteiger partial charge in [-0.2, -0.15) is 0 Å². The van der Waals surface area contributed by atoms with E-state index in [9.17, 15) is 14.0 Å². The summed E-state index contributed by atoms with van der Waals surface area (Å²) in [5.41, 5.74) is 2.34. The Morgan fingerprint density at radius 1 is 1.19 bits per heavy atom. The summed E-state index contributed by atoms with van der Waals surface area (Å²) in [7, 11) is 0. The Kier molecular flexibility index (Phi) is 5.65. The second kappa shape index (κ2) is 7.96. The predicted octanol–water partition coefficient (Wildman–Crippen LogP) is 4.37. The number of nitrogens with zero attached hydrogens (tertiary/aromatic N) is 3. The Labute approximate surface area is 160 Å². The zero-order valence-corrected chi connectivity index (χ0v) is 15.9. The van der Waals surface area contributed by atoms with Crippen molar-refractivity contribution in [2.75, 3.05) is 6.67 Å². The van der Waals surface area contributed by atoms with Gasteiger partial charge in [0.25, 0.3) is 5.56 Å². The van der Waals surface area contributed by atoms with Crippen molar-refractivity contribution < 1.29 is 9.18 Å². The maximum atomic E-state index is 13.1. The van der Waals surface area contributed by atoms with Gasteiger partial charge in [-0.25, -0.2) is 9.37 Å². The van der Waals surface area contributed by atoms with Crippen LogP contribution in [0.1, 0.15) is 35.8 Å². The average Bonchev–Trinajstić information content (AvgIpc) is 2.64. The van der Waals surface area contributed by atoms with Crippen molar-refractivity contribution in [2.45, 2.75) is 33.2 Å². The fraction of sp³-hybridized carbons (Fsp3) is 0.300. The third-order valence-electron chi connectivity index (χ3n) is 4.42. The van der Waals surface area contributed by atoms with Gasteiger partial charge in [0.1, 0.15) is 17.5 Å². The van der Waals surface area contributed by atoms with Crippen molar-refractivity contribution in [3.63, 3.8) is 0 Å². The van der Waals surface area contributed by atoms with Crippen LogP contribution in [0.3, 0.4) is 0 Å². The zero-order valence-electron chi connectivity index (χ0n) is 15.1. The van der Waals surface area contributed by atoms with Crippen LogP contribution >= 0.6 is 11.6 Å². The Morgan fingerprint density at radius 3 is 2.63 bits per heavy atom. The molecule has 3 aromatic heterocycles. The predicted molar refractivity (Wildman–Crippen MR) is 104 cm³/mol. The van der Waals surface area contributed by atoms with E-state index in [4.69, 9.17) is 11.6 Å². The Morgan fingerprint density at radius 2 is 1.96 bits per heavy atom. The number of carbonyl (C=O) groups is 1. The first-order valence-corrected chi connectivity index (χ1v) is 9.09. The number of rotatable bonds is 6. The van der Waals surface area contributed by atoms with Crippen molar-refractivity contribution in [1.82, 2.24) is 14.5 Å². The molecule has 0 aliphatic heterocycles. The summed E-state index contributed by atoms with van der Waals surface area (Å²) in [4.78, 5) is 33.3. The third kappa shape index (κ3) is 3.76. The van der Waals surface area contributed by atoms with Gasteiger partial charge in [0.15, 0.2) is 5.78 Å². The van der Waals surface area contributed by atoms with Crippen LogP contribution in [-0.2, 0) is 6.54 Å². The number of hydrogen-bond acceptors (Lipinski definition) is 4. The maximum Gasteiger partial charge on any atom is 0.259 e. The molecule has 3 aromatic rings.